The Morgan fingerprint density at radius 3 is 2.71 bits per heavy atom. The SMILES string of the molecule is COCC(CO)NCc1ccc(OC)c(F)c1. The summed E-state index contributed by atoms with van der Waals surface area (Å²) in [5.41, 5.74) is 0.790. The van der Waals surface area contributed by atoms with Crippen LogP contribution in [-0.4, -0.2) is 38.6 Å². The number of ether oxygens (including phenoxy) is 2. The fourth-order valence-electron chi connectivity index (χ4n) is 1.46. The number of methoxy groups -OCH3 is 2. The molecule has 96 valence electrons. The summed E-state index contributed by atoms with van der Waals surface area (Å²) in [6.45, 7) is 0.858. The summed E-state index contributed by atoms with van der Waals surface area (Å²) in [5, 5.41) is 12.1. The molecule has 0 aromatic heterocycles. The van der Waals surface area contributed by atoms with Gasteiger partial charge in [-0.25, -0.2) is 4.39 Å². The molecule has 1 aromatic rings. The van der Waals surface area contributed by atoms with Crippen molar-refractivity contribution in [1.29, 1.82) is 0 Å². The van der Waals surface area contributed by atoms with E-state index in [1.54, 1.807) is 19.2 Å². The van der Waals surface area contributed by atoms with Crippen molar-refractivity contribution in [3.8, 4) is 5.75 Å². The van der Waals surface area contributed by atoms with Crippen molar-refractivity contribution in [3.05, 3.63) is 29.6 Å². The van der Waals surface area contributed by atoms with Gasteiger partial charge in [0.05, 0.1) is 26.4 Å². The molecule has 0 heterocycles. The average Bonchev–Trinajstić information content (AvgIpc) is 2.34. The van der Waals surface area contributed by atoms with Crippen LogP contribution in [0.1, 0.15) is 5.56 Å². The Morgan fingerprint density at radius 1 is 1.41 bits per heavy atom. The summed E-state index contributed by atoms with van der Waals surface area (Å²) >= 11 is 0. The van der Waals surface area contributed by atoms with Crippen molar-refractivity contribution < 1.29 is 19.0 Å². The molecule has 4 nitrogen and oxygen atoms in total. The second kappa shape index (κ2) is 7.21. The van der Waals surface area contributed by atoms with Gasteiger partial charge in [-0.1, -0.05) is 6.07 Å². The minimum absolute atomic E-state index is 0.0214. The van der Waals surface area contributed by atoms with Gasteiger partial charge in [0.15, 0.2) is 11.6 Å². The third-order valence-corrected chi connectivity index (χ3v) is 2.40. The highest BCUT2D eigenvalue weighted by Gasteiger charge is 2.07. The first-order valence-corrected chi connectivity index (χ1v) is 5.36. The van der Waals surface area contributed by atoms with Gasteiger partial charge in [0.1, 0.15) is 0 Å². The minimum atomic E-state index is -0.390. The topological polar surface area (TPSA) is 50.7 Å². The van der Waals surface area contributed by atoms with Gasteiger partial charge >= 0.3 is 0 Å². The van der Waals surface area contributed by atoms with E-state index in [0.29, 0.717) is 13.2 Å². The summed E-state index contributed by atoms with van der Waals surface area (Å²) in [6.07, 6.45) is 0. The standard InChI is InChI=1S/C12H18FNO3/c1-16-8-10(7-15)14-6-9-3-4-12(17-2)11(13)5-9/h3-5,10,14-15H,6-8H2,1-2H3. The van der Waals surface area contributed by atoms with E-state index in [2.05, 4.69) is 5.32 Å². The van der Waals surface area contributed by atoms with Gasteiger partial charge < -0.3 is 19.9 Å². The van der Waals surface area contributed by atoms with Crippen LogP contribution in [-0.2, 0) is 11.3 Å². The van der Waals surface area contributed by atoms with Crippen LogP contribution < -0.4 is 10.1 Å². The number of nitrogens with one attached hydrogen (secondary N) is 1. The van der Waals surface area contributed by atoms with Gasteiger partial charge in [-0.05, 0) is 17.7 Å². The van der Waals surface area contributed by atoms with Crippen molar-refractivity contribution in [2.75, 3.05) is 27.4 Å². The molecule has 0 aliphatic rings. The highest BCUT2D eigenvalue weighted by atomic mass is 19.1. The quantitative estimate of drug-likeness (QED) is 0.748. The maximum atomic E-state index is 13.4. The van der Waals surface area contributed by atoms with Crippen LogP contribution in [0.2, 0.25) is 0 Å². The number of benzene rings is 1. The first-order chi connectivity index (χ1) is 8.21. The third kappa shape index (κ3) is 4.30. The summed E-state index contributed by atoms with van der Waals surface area (Å²) < 4.78 is 23.1. The molecule has 1 rings (SSSR count). The zero-order valence-electron chi connectivity index (χ0n) is 10.1. The second-order valence-corrected chi connectivity index (χ2v) is 3.68. The molecule has 0 radical (unpaired) electrons. The molecule has 0 saturated heterocycles. The van der Waals surface area contributed by atoms with Crippen LogP contribution in [0.4, 0.5) is 4.39 Å². The molecular weight excluding hydrogens is 225 g/mol. The lowest BCUT2D eigenvalue weighted by molar-refractivity contribution is 0.128. The van der Waals surface area contributed by atoms with Gasteiger partial charge in [-0.3, -0.25) is 0 Å². The lowest BCUT2D eigenvalue weighted by Gasteiger charge is -2.15. The third-order valence-electron chi connectivity index (χ3n) is 2.40. The van der Waals surface area contributed by atoms with Gasteiger partial charge in [0, 0.05) is 13.7 Å². The largest absolute Gasteiger partial charge is 0.494 e. The van der Waals surface area contributed by atoms with Gasteiger partial charge in [0.2, 0.25) is 0 Å². The molecule has 1 unspecified atom stereocenters. The van der Waals surface area contributed by atoms with E-state index < -0.39 is 0 Å². The molecule has 0 spiro atoms. The average molecular weight is 243 g/mol. The Bertz CT molecular complexity index is 347. The van der Waals surface area contributed by atoms with Crippen LogP contribution >= 0.6 is 0 Å². The van der Waals surface area contributed by atoms with E-state index in [0.717, 1.165) is 5.56 Å². The molecule has 2 N–H and O–H groups in total. The van der Waals surface area contributed by atoms with Crippen LogP contribution in [0.25, 0.3) is 0 Å². The number of aliphatic hydroxyl groups is 1. The Hall–Kier alpha value is -1.17. The molecule has 1 atom stereocenters. The highest BCUT2D eigenvalue weighted by molar-refractivity contribution is 5.29. The molecule has 0 aliphatic heterocycles. The number of halogens is 1. The number of aliphatic hydroxyl groups excluding tert-OH is 1. The number of hydrogen-bond donors (Lipinski definition) is 2. The van der Waals surface area contributed by atoms with E-state index in [-0.39, 0.29) is 24.2 Å². The van der Waals surface area contributed by atoms with Crippen molar-refractivity contribution in [2.24, 2.45) is 0 Å². The summed E-state index contributed by atoms with van der Waals surface area (Å²) in [5.74, 6) is -0.163. The van der Waals surface area contributed by atoms with Gasteiger partial charge in [-0.15, -0.1) is 0 Å². The number of hydrogen-bond acceptors (Lipinski definition) is 4. The van der Waals surface area contributed by atoms with E-state index in [1.165, 1.54) is 13.2 Å². The van der Waals surface area contributed by atoms with E-state index in [9.17, 15) is 4.39 Å². The normalized spacial score (nSPS) is 12.5. The minimum Gasteiger partial charge on any atom is -0.494 e. The Labute approximate surface area is 100 Å². The Balaban J connectivity index is 2.54. The van der Waals surface area contributed by atoms with Gasteiger partial charge in [-0.2, -0.15) is 0 Å². The van der Waals surface area contributed by atoms with E-state index >= 15 is 0 Å². The monoisotopic (exact) mass is 243 g/mol. The first kappa shape index (κ1) is 13.9. The van der Waals surface area contributed by atoms with Gasteiger partial charge in [0.25, 0.3) is 0 Å². The van der Waals surface area contributed by atoms with Crippen LogP contribution in [0.15, 0.2) is 18.2 Å². The Morgan fingerprint density at radius 2 is 2.18 bits per heavy atom. The molecule has 0 saturated carbocycles. The maximum Gasteiger partial charge on any atom is 0.165 e. The van der Waals surface area contributed by atoms with E-state index in [4.69, 9.17) is 14.6 Å². The molecular formula is C12H18FNO3. The molecule has 17 heavy (non-hydrogen) atoms. The predicted molar refractivity (Wildman–Crippen MR) is 62.5 cm³/mol. The first-order valence-electron chi connectivity index (χ1n) is 5.36. The molecule has 1 aromatic carbocycles. The Kier molecular flexibility index (Phi) is 5.90. The fourth-order valence-corrected chi connectivity index (χ4v) is 1.46. The highest BCUT2D eigenvalue weighted by Crippen LogP contribution is 2.17. The maximum absolute atomic E-state index is 13.4. The zero-order chi connectivity index (χ0) is 12.7. The molecule has 0 aliphatic carbocycles. The van der Waals surface area contributed by atoms with Crippen LogP contribution in [0.5, 0.6) is 5.75 Å². The summed E-state index contributed by atoms with van der Waals surface area (Å²) in [6, 6.07) is 4.62. The summed E-state index contributed by atoms with van der Waals surface area (Å²) in [7, 11) is 2.99. The van der Waals surface area contributed by atoms with Crippen LogP contribution in [0, 0.1) is 5.82 Å². The predicted octanol–water partition coefficient (Wildman–Crippen LogP) is 0.931. The summed E-state index contributed by atoms with van der Waals surface area (Å²) in [4.78, 5) is 0. The molecule has 0 fully saturated rings. The lowest BCUT2D eigenvalue weighted by Crippen LogP contribution is -2.35. The van der Waals surface area contributed by atoms with Crippen molar-refractivity contribution in [1.82, 2.24) is 5.32 Å². The van der Waals surface area contributed by atoms with Crippen LogP contribution in [0.3, 0.4) is 0 Å². The number of rotatable bonds is 7. The zero-order valence-corrected chi connectivity index (χ0v) is 10.1. The molecule has 5 heteroatoms. The fraction of sp³-hybridized carbons (Fsp3) is 0.500. The van der Waals surface area contributed by atoms with Crippen molar-refractivity contribution >= 4 is 0 Å². The smallest absolute Gasteiger partial charge is 0.165 e. The second-order valence-electron chi connectivity index (χ2n) is 3.68. The lowest BCUT2D eigenvalue weighted by atomic mass is 10.2. The van der Waals surface area contributed by atoms with E-state index in [1.807, 2.05) is 0 Å². The van der Waals surface area contributed by atoms with Crippen molar-refractivity contribution in [2.45, 2.75) is 12.6 Å². The van der Waals surface area contributed by atoms with Crippen molar-refractivity contribution in [3.63, 3.8) is 0 Å². The molecule has 0 amide bonds. The molecule has 0 bridgehead atoms.